The summed E-state index contributed by atoms with van der Waals surface area (Å²) in [6.45, 7) is 0.316. The third kappa shape index (κ3) is 1.95. The zero-order valence-corrected chi connectivity index (χ0v) is 9.14. The van der Waals surface area contributed by atoms with E-state index >= 15 is 0 Å². The van der Waals surface area contributed by atoms with E-state index in [1.807, 2.05) is 36.4 Å². The number of fused-ring (bicyclic) bond motifs is 1. The van der Waals surface area contributed by atoms with Crippen molar-refractivity contribution in [3.63, 3.8) is 0 Å². The van der Waals surface area contributed by atoms with E-state index in [0.717, 1.165) is 22.3 Å². The van der Waals surface area contributed by atoms with Gasteiger partial charge in [0.25, 0.3) is 0 Å². The molecule has 0 aromatic heterocycles. The van der Waals surface area contributed by atoms with Gasteiger partial charge < -0.3 is 14.6 Å². The first-order chi connectivity index (χ1) is 7.86. The molecule has 0 radical (unpaired) electrons. The van der Waals surface area contributed by atoms with Crippen molar-refractivity contribution in [3.05, 3.63) is 36.4 Å². The summed E-state index contributed by atoms with van der Waals surface area (Å²) in [5, 5.41) is 10.8. The molecule has 2 aromatic rings. The number of rotatable bonds is 4. The molecule has 0 bridgehead atoms. The molecule has 2 aromatic carbocycles. The highest BCUT2D eigenvalue weighted by molar-refractivity contribution is 5.93. The van der Waals surface area contributed by atoms with Crippen LogP contribution in [0.5, 0.6) is 11.5 Å². The molecule has 0 unspecified atom stereocenters. The van der Waals surface area contributed by atoms with Crippen LogP contribution in [0.25, 0.3) is 10.8 Å². The highest BCUT2D eigenvalue weighted by atomic mass is 16.5. The minimum absolute atomic E-state index is 0.0142. The molecule has 0 heterocycles. The van der Waals surface area contributed by atoms with E-state index in [2.05, 4.69) is 0 Å². The standard InChI is InChI=1S/C13H14O3/c1-15-12-6-7-13(16-9-8-14)11-5-3-2-4-10(11)12/h2-7,14H,8-9H2,1H3. The topological polar surface area (TPSA) is 38.7 Å². The average molecular weight is 218 g/mol. The smallest absolute Gasteiger partial charge is 0.127 e. The molecule has 2 rings (SSSR count). The molecule has 16 heavy (non-hydrogen) atoms. The number of methoxy groups -OCH3 is 1. The van der Waals surface area contributed by atoms with Gasteiger partial charge in [-0.1, -0.05) is 24.3 Å². The predicted molar refractivity (Wildman–Crippen MR) is 63.1 cm³/mol. The van der Waals surface area contributed by atoms with Gasteiger partial charge in [-0.2, -0.15) is 0 Å². The molecular formula is C13H14O3. The van der Waals surface area contributed by atoms with Crippen molar-refractivity contribution in [3.8, 4) is 11.5 Å². The molecule has 3 nitrogen and oxygen atoms in total. The van der Waals surface area contributed by atoms with Gasteiger partial charge in [0, 0.05) is 10.8 Å². The van der Waals surface area contributed by atoms with Gasteiger partial charge in [0.1, 0.15) is 18.1 Å². The first kappa shape index (κ1) is 10.8. The van der Waals surface area contributed by atoms with Crippen LogP contribution in [0.2, 0.25) is 0 Å². The molecule has 0 atom stereocenters. The maximum Gasteiger partial charge on any atom is 0.127 e. The summed E-state index contributed by atoms with van der Waals surface area (Å²) in [6, 6.07) is 11.6. The molecule has 0 saturated heterocycles. The Bertz CT molecular complexity index is 480. The summed E-state index contributed by atoms with van der Waals surface area (Å²) in [5.74, 6) is 1.59. The molecule has 0 saturated carbocycles. The minimum Gasteiger partial charge on any atom is -0.496 e. The van der Waals surface area contributed by atoms with Crippen LogP contribution in [0.3, 0.4) is 0 Å². The Morgan fingerprint density at radius 1 is 1.00 bits per heavy atom. The average Bonchev–Trinajstić information content (AvgIpc) is 2.36. The van der Waals surface area contributed by atoms with Crippen LogP contribution in [0.1, 0.15) is 0 Å². The first-order valence-electron chi connectivity index (χ1n) is 5.16. The van der Waals surface area contributed by atoms with Crippen LogP contribution in [0.15, 0.2) is 36.4 Å². The fraction of sp³-hybridized carbons (Fsp3) is 0.231. The van der Waals surface area contributed by atoms with E-state index in [4.69, 9.17) is 14.6 Å². The number of aliphatic hydroxyl groups is 1. The number of aliphatic hydroxyl groups excluding tert-OH is 1. The van der Waals surface area contributed by atoms with Crippen LogP contribution in [0.4, 0.5) is 0 Å². The van der Waals surface area contributed by atoms with Crippen molar-refractivity contribution in [1.82, 2.24) is 0 Å². The second-order valence-corrected chi connectivity index (χ2v) is 3.38. The third-order valence-corrected chi connectivity index (χ3v) is 2.41. The highest BCUT2D eigenvalue weighted by Crippen LogP contribution is 2.32. The molecule has 0 fully saturated rings. The summed E-state index contributed by atoms with van der Waals surface area (Å²) in [6.07, 6.45) is 0. The van der Waals surface area contributed by atoms with E-state index in [0.29, 0.717) is 6.61 Å². The summed E-state index contributed by atoms with van der Waals surface area (Å²) in [7, 11) is 1.65. The normalized spacial score (nSPS) is 10.4. The van der Waals surface area contributed by atoms with Crippen molar-refractivity contribution in [2.75, 3.05) is 20.3 Å². The zero-order valence-electron chi connectivity index (χ0n) is 9.14. The monoisotopic (exact) mass is 218 g/mol. The van der Waals surface area contributed by atoms with E-state index in [1.165, 1.54) is 0 Å². The molecule has 0 aliphatic rings. The summed E-state index contributed by atoms with van der Waals surface area (Å²) in [5.41, 5.74) is 0. The molecule has 0 aliphatic carbocycles. The maximum absolute atomic E-state index is 8.75. The molecule has 1 N–H and O–H groups in total. The largest absolute Gasteiger partial charge is 0.496 e. The van der Waals surface area contributed by atoms with Crippen LogP contribution >= 0.6 is 0 Å². The first-order valence-corrected chi connectivity index (χ1v) is 5.16. The Morgan fingerprint density at radius 3 is 2.25 bits per heavy atom. The van der Waals surface area contributed by atoms with Gasteiger partial charge in [-0.3, -0.25) is 0 Å². The van der Waals surface area contributed by atoms with Crippen molar-refractivity contribution in [1.29, 1.82) is 0 Å². The minimum atomic E-state index is 0.0142. The van der Waals surface area contributed by atoms with E-state index in [9.17, 15) is 0 Å². The second-order valence-electron chi connectivity index (χ2n) is 3.38. The van der Waals surface area contributed by atoms with Crippen molar-refractivity contribution < 1.29 is 14.6 Å². The number of ether oxygens (including phenoxy) is 2. The van der Waals surface area contributed by atoms with Gasteiger partial charge in [0.05, 0.1) is 13.7 Å². The fourth-order valence-electron chi connectivity index (χ4n) is 1.70. The number of hydrogen-bond donors (Lipinski definition) is 1. The zero-order chi connectivity index (χ0) is 11.4. The lowest BCUT2D eigenvalue weighted by Crippen LogP contribution is -2.02. The van der Waals surface area contributed by atoms with Gasteiger partial charge in [0.15, 0.2) is 0 Å². The summed E-state index contributed by atoms with van der Waals surface area (Å²) >= 11 is 0. The lowest BCUT2D eigenvalue weighted by Gasteiger charge is -2.10. The van der Waals surface area contributed by atoms with Crippen LogP contribution in [-0.2, 0) is 0 Å². The molecule has 84 valence electrons. The SMILES string of the molecule is COc1ccc(OCCO)c2ccccc12. The van der Waals surface area contributed by atoms with E-state index in [1.54, 1.807) is 7.11 Å². The van der Waals surface area contributed by atoms with E-state index < -0.39 is 0 Å². The molecule has 3 heteroatoms. The van der Waals surface area contributed by atoms with Gasteiger partial charge in [-0.25, -0.2) is 0 Å². The van der Waals surface area contributed by atoms with Crippen molar-refractivity contribution >= 4 is 10.8 Å². The lowest BCUT2D eigenvalue weighted by molar-refractivity contribution is 0.203. The third-order valence-electron chi connectivity index (χ3n) is 2.41. The predicted octanol–water partition coefficient (Wildman–Crippen LogP) is 2.22. The van der Waals surface area contributed by atoms with Crippen LogP contribution in [0, 0.1) is 0 Å². The Hall–Kier alpha value is -1.74. The highest BCUT2D eigenvalue weighted by Gasteiger charge is 2.06. The van der Waals surface area contributed by atoms with Gasteiger partial charge in [-0.15, -0.1) is 0 Å². The summed E-state index contributed by atoms with van der Waals surface area (Å²) < 4.78 is 10.7. The lowest BCUT2D eigenvalue weighted by atomic mass is 10.1. The Labute approximate surface area is 94.2 Å². The number of benzene rings is 2. The van der Waals surface area contributed by atoms with Gasteiger partial charge in [-0.05, 0) is 12.1 Å². The van der Waals surface area contributed by atoms with Gasteiger partial charge in [0.2, 0.25) is 0 Å². The quantitative estimate of drug-likeness (QED) is 0.855. The molecule has 0 spiro atoms. The number of hydrogen-bond acceptors (Lipinski definition) is 3. The van der Waals surface area contributed by atoms with Crippen molar-refractivity contribution in [2.45, 2.75) is 0 Å². The maximum atomic E-state index is 8.75. The fourth-order valence-corrected chi connectivity index (χ4v) is 1.70. The Morgan fingerprint density at radius 2 is 1.62 bits per heavy atom. The Balaban J connectivity index is 2.51. The molecule has 0 aliphatic heterocycles. The molecule has 0 amide bonds. The van der Waals surface area contributed by atoms with Crippen molar-refractivity contribution in [2.24, 2.45) is 0 Å². The van der Waals surface area contributed by atoms with Crippen LogP contribution in [-0.4, -0.2) is 25.4 Å². The van der Waals surface area contributed by atoms with Crippen LogP contribution < -0.4 is 9.47 Å². The van der Waals surface area contributed by atoms with Gasteiger partial charge >= 0.3 is 0 Å². The second kappa shape index (κ2) is 4.86. The molecular weight excluding hydrogens is 204 g/mol. The Kier molecular flexibility index (Phi) is 3.27. The van der Waals surface area contributed by atoms with E-state index in [-0.39, 0.29) is 6.61 Å². The summed E-state index contributed by atoms with van der Waals surface area (Å²) in [4.78, 5) is 0.